The standard InChI is InChI=1S/C22H19N3O3S/c1-3-28-21(27)18-14(2)24-22-25(19(18)16-7-5-4-6-8-16)20(26)17(29-22)13-15-9-11-23-12-10-15/h4-13,19H,3H2,1-2H3/b17-13+/t19-/m1/s1. The summed E-state index contributed by atoms with van der Waals surface area (Å²) in [5, 5.41) is 0. The number of aromatic nitrogens is 2. The van der Waals surface area contributed by atoms with Crippen molar-refractivity contribution in [2.45, 2.75) is 19.9 Å². The van der Waals surface area contributed by atoms with Crippen LogP contribution in [0, 0.1) is 0 Å². The highest BCUT2D eigenvalue weighted by atomic mass is 32.1. The highest BCUT2D eigenvalue weighted by Crippen LogP contribution is 2.30. The Morgan fingerprint density at radius 1 is 1.21 bits per heavy atom. The Morgan fingerprint density at radius 3 is 2.62 bits per heavy atom. The van der Waals surface area contributed by atoms with Crippen molar-refractivity contribution < 1.29 is 9.53 Å². The third-order valence-corrected chi connectivity index (χ3v) is 5.62. The van der Waals surface area contributed by atoms with Crippen molar-refractivity contribution in [2.75, 3.05) is 6.61 Å². The van der Waals surface area contributed by atoms with Crippen molar-refractivity contribution in [2.24, 2.45) is 4.99 Å². The number of rotatable bonds is 4. The van der Waals surface area contributed by atoms with Crippen LogP contribution in [-0.2, 0) is 9.53 Å². The molecule has 1 atom stereocenters. The van der Waals surface area contributed by atoms with Gasteiger partial charge < -0.3 is 4.74 Å². The highest BCUT2D eigenvalue weighted by Gasteiger charge is 2.33. The van der Waals surface area contributed by atoms with Crippen LogP contribution in [0.25, 0.3) is 6.08 Å². The van der Waals surface area contributed by atoms with Gasteiger partial charge in [0.15, 0.2) is 4.80 Å². The van der Waals surface area contributed by atoms with E-state index in [1.165, 1.54) is 11.3 Å². The Kier molecular flexibility index (Phi) is 5.22. The Labute approximate surface area is 171 Å². The first-order chi connectivity index (χ1) is 14.1. The quantitative estimate of drug-likeness (QED) is 0.624. The number of thiazole rings is 1. The maximum atomic E-state index is 13.3. The molecule has 0 unspecified atom stereocenters. The van der Waals surface area contributed by atoms with Gasteiger partial charge in [0.05, 0.1) is 28.5 Å². The third-order valence-electron chi connectivity index (χ3n) is 4.64. The molecule has 4 rings (SSSR count). The number of carbonyl (C=O) groups is 1. The van der Waals surface area contributed by atoms with Gasteiger partial charge in [0.25, 0.3) is 5.56 Å². The molecule has 146 valence electrons. The van der Waals surface area contributed by atoms with Crippen LogP contribution >= 0.6 is 11.3 Å². The van der Waals surface area contributed by atoms with Gasteiger partial charge in [0.2, 0.25) is 0 Å². The molecule has 6 nitrogen and oxygen atoms in total. The summed E-state index contributed by atoms with van der Waals surface area (Å²) in [6.45, 7) is 3.79. The molecule has 3 heterocycles. The van der Waals surface area contributed by atoms with Crippen LogP contribution in [0.5, 0.6) is 0 Å². The van der Waals surface area contributed by atoms with E-state index in [9.17, 15) is 9.59 Å². The lowest BCUT2D eigenvalue weighted by atomic mass is 9.96. The van der Waals surface area contributed by atoms with Crippen molar-refractivity contribution >= 4 is 23.4 Å². The number of carbonyl (C=O) groups excluding carboxylic acids is 1. The lowest BCUT2D eigenvalue weighted by molar-refractivity contribution is -0.139. The first-order valence-electron chi connectivity index (χ1n) is 9.24. The summed E-state index contributed by atoms with van der Waals surface area (Å²) in [4.78, 5) is 35.2. The fourth-order valence-corrected chi connectivity index (χ4v) is 4.40. The smallest absolute Gasteiger partial charge is 0.338 e. The number of hydrogen-bond donors (Lipinski definition) is 0. The average molecular weight is 405 g/mol. The summed E-state index contributed by atoms with van der Waals surface area (Å²) in [5.41, 5.74) is 2.48. The predicted octanol–water partition coefficient (Wildman–Crippen LogP) is 2.19. The molecule has 1 aromatic carbocycles. The minimum atomic E-state index is -0.578. The molecule has 0 bridgehead atoms. The maximum Gasteiger partial charge on any atom is 0.338 e. The fraction of sp³-hybridized carbons (Fsp3) is 0.182. The molecule has 0 fully saturated rings. The molecule has 7 heteroatoms. The Hall–Kier alpha value is -3.32. The van der Waals surface area contributed by atoms with E-state index in [-0.39, 0.29) is 12.2 Å². The predicted molar refractivity (Wildman–Crippen MR) is 111 cm³/mol. The van der Waals surface area contributed by atoms with Crippen LogP contribution in [0.3, 0.4) is 0 Å². The van der Waals surface area contributed by atoms with Crippen LogP contribution in [-0.4, -0.2) is 22.1 Å². The number of benzene rings is 1. The van der Waals surface area contributed by atoms with E-state index in [0.29, 0.717) is 20.6 Å². The zero-order valence-electron chi connectivity index (χ0n) is 16.0. The Bertz CT molecular complexity index is 1260. The lowest BCUT2D eigenvalue weighted by Gasteiger charge is -2.24. The molecular formula is C22H19N3O3S. The van der Waals surface area contributed by atoms with E-state index in [2.05, 4.69) is 9.98 Å². The van der Waals surface area contributed by atoms with E-state index in [1.54, 1.807) is 30.8 Å². The van der Waals surface area contributed by atoms with Crippen LogP contribution in [0.4, 0.5) is 0 Å². The van der Waals surface area contributed by atoms with Gasteiger partial charge in [-0.1, -0.05) is 41.7 Å². The summed E-state index contributed by atoms with van der Waals surface area (Å²) in [6, 6.07) is 12.6. The first kappa shape index (κ1) is 19.0. The number of pyridine rings is 1. The van der Waals surface area contributed by atoms with Crippen LogP contribution in [0.15, 0.2) is 75.9 Å². The third kappa shape index (κ3) is 3.56. The van der Waals surface area contributed by atoms with Gasteiger partial charge in [-0.15, -0.1) is 0 Å². The number of fused-ring (bicyclic) bond motifs is 1. The average Bonchev–Trinajstić information content (AvgIpc) is 3.03. The molecule has 0 spiro atoms. The minimum absolute atomic E-state index is 0.186. The second-order valence-corrected chi connectivity index (χ2v) is 7.50. The molecular weight excluding hydrogens is 386 g/mol. The highest BCUT2D eigenvalue weighted by molar-refractivity contribution is 7.07. The molecule has 0 aliphatic carbocycles. The molecule has 0 saturated carbocycles. The molecule has 3 aromatic rings. The molecule has 0 radical (unpaired) electrons. The maximum absolute atomic E-state index is 13.3. The second kappa shape index (κ2) is 7.97. The summed E-state index contributed by atoms with van der Waals surface area (Å²) in [6.07, 6.45) is 5.17. The summed E-state index contributed by atoms with van der Waals surface area (Å²) >= 11 is 1.31. The second-order valence-electron chi connectivity index (χ2n) is 6.49. The Balaban J connectivity index is 1.96. The zero-order chi connectivity index (χ0) is 20.4. The van der Waals surface area contributed by atoms with Crippen LogP contribution in [0.1, 0.15) is 31.0 Å². The van der Waals surface area contributed by atoms with Gasteiger partial charge in [-0.3, -0.25) is 14.3 Å². The van der Waals surface area contributed by atoms with Crippen molar-refractivity contribution in [1.82, 2.24) is 9.55 Å². The number of ether oxygens (including phenoxy) is 1. The molecule has 1 aliphatic rings. The van der Waals surface area contributed by atoms with Gasteiger partial charge in [0.1, 0.15) is 0 Å². The van der Waals surface area contributed by atoms with Gasteiger partial charge >= 0.3 is 5.97 Å². The SMILES string of the molecule is CCOC(=O)C1=C(C)N=c2s/c(=C/c3ccncc3)c(=O)n2[C@@H]1c1ccccc1. The number of esters is 1. The van der Waals surface area contributed by atoms with E-state index >= 15 is 0 Å². The fourth-order valence-electron chi connectivity index (χ4n) is 3.35. The Morgan fingerprint density at radius 2 is 1.93 bits per heavy atom. The molecule has 1 aliphatic heterocycles. The topological polar surface area (TPSA) is 73.6 Å². The summed E-state index contributed by atoms with van der Waals surface area (Å²) < 4.78 is 7.42. The molecule has 0 amide bonds. The van der Waals surface area contributed by atoms with E-state index in [4.69, 9.17) is 4.74 Å². The van der Waals surface area contributed by atoms with E-state index in [0.717, 1.165) is 11.1 Å². The van der Waals surface area contributed by atoms with E-state index < -0.39 is 12.0 Å². The summed E-state index contributed by atoms with van der Waals surface area (Å²) in [5.74, 6) is -0.453. The zero-order valence-corrected chi connectivity index (χ0v) is 16.8. The number of allylic oxidation sites excluding steroid dienone is 1. The monoisotopic (exact) mass is 405 g/mol. The van der Waals surface area contributed by atoms with Crippen molar-refractivity contribution in [1.29, 1.82) is 0 Å². The largest absolute Gasteiger partial charge is 0.463 e. The molecule has 0 saturated heterocycles. The molecule has 0 N–H and O–H groups in total. The number of nitrogens with zero attached hydrogens (tertiary/aromatic N) is 3. The normalized spacial score (nSPS) is 16.3. The molecule has 29 heavy (non-hydrogen) atoms. The van der Waals surface area contributed by atoms with Crippen molar-refractivity contribution in [3.63, 3.8) is 0 Å². The molecule has 2 aromatic heterocycles. The first-order valence-corrected chi connectivity index (χ1v) is 10.1. The lowest BCUT2D eigenvalue weighted by Crippen LogP contribution is -2.39. The van der Waals surface area contributed by atoms with Gasteiger partial charge in [-0.2, -0.15) is 0 Å². The van der Waals surface area contributed by atoms with Gasteiger partial charge in [-0.05, 0) is 43.2 Å². The van der Waals surface area contributed by atoms with E-state index in [1.807, 2.05) is 48.5 Å². The van der Waals surface area contributed by atoms with Crippen molar-refractivity contribution in [3.8, 4) is 0 Å². The number of hydrogen-bond acceptors (Lipinski definition) is 6. The summed E-state index contributed by atoms with van der Waals surface area (Å²) in [7, 11) is 0. The van der Waals surface area contributed by atoms with Gasteiger partial charge in [0, 0.05) is 12.4 Å². The van der Waals surface area contributed by atoms with Gasteiger partial charge in [-0.25, -0.2) is 9.79 Å². The van der Waals surface area contributed by atoms with Crippen LogP contribution < -0.4 is 14.9 Å². The van der Waals surface area contributed by atoms with Crippen LogP contribution in [0.2, 0.25) is 0 Å². The van der Waals surface area contributed by atoms with Crippen molar-refractivity contribution in [3.05, 3.63) is 96.9 Å². The minimum Gasteiger partial charge on any atom is -0.463 e.